The Morgan fingerprint density at radius 1 is 0.500 bits per heavy atom. The smallest absolute Gasteiger partial charge is 0.235 e. The zero-order valence-corrected chi connectivity index (χ0v) is 22.8. The molecule has 0 saturated heterocycles. The number of hydrogen-bond acceptors (Lipinski definition) is 2. The van der Waals surface area contributed by atoms with E-state index in [1.165, 1.54) is 44.1 Å². The van der Waals surface area contributed by atoms with Crippen LogP contribution in [0.4, 0.5) is 0 Å². The van der Waals surface area contributed by atoms with Gasteiger partial charge in [-0.25, -0.2) is 9.97 Å². The topological polar surface area (TPSA) is 30.7 Å². The van der Waals surface area contributed by atoms with Crippen molar-refractivity contribution in [2.24, 2.45) is 0 Å². The van der Waals surface area contributed by atoms with Crippen molar-refractivity contribution in [1.82, 2.24) is 14.5 Å². The molecule has 6 aromatic carbocycles. The van der Waals surface area contributed by atoms with E-state index in [1.54, 1.807) is 0 Å². The molecule has 42 heavy (non-hydrogen) atoms. The highest BCUT2D eigenvalue weighted by atomic mass is 15.2. The minimum Gasteiger partial charge on any atom is -0.278 e. The van der Waals surface area contributed by atoms with Crippen molar-refractivity contribution in [3.05, 3.63) is 162 Å². The van der Waals surface area contributed by atoms with Gasteiger partial charge in [0, 0.05) is 27.6 Å². The summed E-state index contributed by atoms with van der Waals surface area (Å²) < 4.78 is 2.31. The molecule has 2 heterocycles. The van der Waals surface area contributed by atoms with Crippen LogP contribution in [0.1, 0.15) is 22.6 Å². The molecule has 1 unspecified atom stereocenters. The number of rotatable bonds is 3. The Hall–Kier alpha value is -5.54. The summed E-state index contributed by atoms with van der Waals surface area (Å²) in [5, 5.41) is 3.47. The highest BCUT2D eigenvalue weighted by molar-refractivity contribution is 6.13. The van der Waals surface area contributed by atoms with Crippen LogP contribution in [0.15, 0.2) is 146 Å². The third-order valence-corrected chi connectivity index (χ3v) is 8.70. The molecule has 0 saturated carbocycles. The van der Waals surface area contributed by atoms with Crippen LogP contribution in [0.3, 0.4) is 0 Å². The highest BCUT2D eigenvalue weighted by Gasteiger charge is 2.34. The highest BCUT2D eigenvalue weighted by Crippen LogP contribution is 2.52. The molecular weight excluding hydrogens is 510 g/mol. The second-order valence-corrected chi connectivity index (χ2v) is 11.0. The quantitative estimate of drug-likeness (QED) is 0.225. The van der Waals surface area contributed by atoms with Crippen LogP contribution in [0.5, 0.6) is 0 Å². The van der Waals surface area contributed by atoms with Gasteiger partial charge in [-0.3, -0.25) is 4.57 Å². The summed E-state index contributed by atoms with van der Waals surface area (Å²) in [6, 6.07) is 51.8. The van der Waals surface area contributed by atoms with E-state index in [0.29, 0.717) is 5.95 Å². The monoisotopic (exact) mass is 535 g/mol. The summed E-state index contributed by atoms with van der Waals surface area (Å²) in [7, 11) is 0. The van der Waals surface area contributed by atoms with Gasteiger partial charge in [0.2, 0.25) is 5.95 Å². The van der Waals surface area contributed by atoms with E-state index in [9.17, 15) is 0 Å². The Kier molecular flexibility index (Phi) is 4.96. The molecule has 0 bridgehead atoms. The van der Waals surface area contributed by atoms with Crippen molar-refractivity contribution in [3.8, 4) is 28.3 Å². The molecule has 3 heteroatoms. The van der Waals surface area contributed by atoms with Crippen LogP contribution in [0, 0.1) is 0 Å². The molecule has 3 nitrogen and oxygen atoms in total. The van der Waals surface area contributed by atoms with E-state index >= 15 is 0 Å². The normalized spacial score (nSPS) is 14.0. The summed E-state index contributed by atoms with van der Waals surface area (Å²) in [5.74, 6) is 0.799. The van der Waals surface area contributed by atoms with Gasteiger partial charge in [-0.15, -0.1) is 0 Å². The third-order valence-electron chi connectivity index (χ3n) is 8.70. The van der Waals surface area contributed by atoms with E-state index < -0.39 is 0 Å². The summed E-state index contributed by atoms with van der Waals surface area (Å²) >= 11 is 0. The fourth-order valence-electron chi connectivity index (χ4n) is 6.94. The molecule has 196 valence electrons. The Morgan fingerprint density at radius 2 is 1.19 bits per heavy atom. The zero-order valence-electron chi connectivity index (χ0n) is 22.8. The van der Waals surface area contributed by atoms with Crippen molar-refractivity contribution in [1.29, 1.82) is 0 Å². The van der Waals surface area contributed by atoms with Gasteiger partial charge in [0.25, 0.3) is 0 Å². The van der Waals surface area contributed by atoms with Gasteiger partial charge in [0.1, 0.15) is 0 Å². The van der Waals surface area contributed by atoms with Crippen LogP contribution < -0.4 is 0 Å². The van der Waals surface area contributed by atoms with Crippen molar-refractivity contribution in [2.75, 3.05) is 0 Å². The molecule has 8 aromatic rings. The fraction of sp³-hybridized carbons (Fsp3) is 0.0256. The van der Waals surface area contributed by atoms with E-state index in [4.69, 9.17) is 9.97 Å². The predicted molar refractivity (Wildman–Crippen MR) is 172 cm³/mol. The van der Waals surface area contributed by atoms with Crippen LogP contribution in [-0.2, 0) is 0 Å². The Balaban J connectivity index is 1.44. The minimum atomic E-state index is 0.109. The Labute approximate surface area is 243 Å². The predicted octanol–water partition coefficient (Wildman–Crippen LogP) is 9.55. The molecule has 0 aliphatic heterocycles. The average Bonchev–Trinajstić information content (AvgIpc) is 3.58. The molecule has 1 aliphatic carbocycles. The number of fused-ring (bicyclic) bond motifs is 8. The standard InChI is InChI=1S/C39H25N3/c1-3-13-25(14-4-1)35-29-19-8-7-17-27(29)30-23-24-31-28-18-10-12-22-34(28)42(38(31)36(30)35)39-40-33-21-11-9-20-32(33)37(41-39)26-15-5-2-6-16-26/h1-24,35H. The number of para-hydroxylation sites is 2. The lowest BCUT2D eigenvalue weighted by atomic mass is 9.88. The lowest BCUT2D eigenvalue weighted by Crippen LogP contribution is -2.06. The first kappa shape index (κ1) is 23.2. The SMILES string of the molecule is c1ccc(-c2nc(-n3c4ccccc4c4ccc5c(c43)C(c3ccccc3)c3ccccc3-5)nc3ccccc23)cc1. The summed E-state index contributed by atoms with van der Waals surface area (Å²) in [6.07, 6.45) is 0. The fourth-order valence-corrected chi connectivity index (χ4v) is 6.94. The van der Waals surface area contributed by atoms with E-state index in [2.05, 4.69) is 144 Å². The Bertz CT molecular complexity index is 2300. The van der Waals surface area contributed by atoms with E-state index in [0.717, 1.165) is 27.7 Å². The number of aromatic nitrogens is 3. The number of nitrogens with zero attached hydrogens (tertiary/aromatic N) is 3. The third kappa shape index (κ3) is 3.28. The molecular formula is C39H25N3. The van der Waals surface area contributed by atoms with Crippen LogP contribution >= 0.6 is 0 Å². The summed E-state index contributed by atoms with van der Waals surface area (Å²) in [4.78, 5) is 10.6. The average molecular weight is 536 g/mol. The molecule has 0 fully saturated rings. The van der Waals surface area contributed by atoms with Gasteiger partial charge in [0.05, 0.1) is 22.2 Å². The molecule has 0 radical (unpaired) electrons. The molecule has 0 amide bonds. The number of benzene rings is 6. The van der Waals surface area contributed by atoms with Gasteiger partial charge in [-0.1, -0.05) is 133 Å². The number of hydrogen-bond donors (Lipinski definition) is 0. The molecule has 0 spiro atoms. The van der Waals surface area contributed by atoms with Crippen molar-refractivity contribution in [3.63, 3.8) is 0 Å². The van der Waals surface area contributed by atoms with E-state index in [-0.39, 0.29) is 5.92 Å². The van der Waals surface area contributed by atoms with Crippen LogP contribution in [0.2, 0.25) is 0 Å². The molecule has 9 rings (SSSR count). The maximum Gasteiger partial charge on any atom is 0.235 e. The van der Waals surface area contributed by atoms with Crippen molar-refractivity contribution >= 4 is 32.7 Å². The maximum atomic E-state index is 5.34. The van der Waals surface area contributed by atoms with Crippen molar-refractivity contribution < 1.29 is 0 Å². The summed E-state index contributed by atoms with van der Waals surface area (Å²) in [6.45, 7) is 0. The van der Waals surface area contributed by atoms with Crippen molar-refractivity contribution in [2.45, 2.75) is 5.92 Å². The van der Waals surface area contributed by atoms with Crippen LogP contribution in [0.25, 0.3) is 61.0 Å². The zero-order chi connectivity index (χ0) is 27.6. The lowest BCUT2D eigenvalue weighted by Gasteiger charge is -2.18. The maximum absolute atomic E-state index is 5.34. The Morgan fingerprint density at radius 3 is 2.05 bits per heavy atom. The lowest BCUT2D eigenvalue weighted by molar-refractivity contribution is 0.979. The van der Waals surface area contributed by atoms with Gasteiger partial charge in [0.15, 0.2) is 0 Å². The second-order valence-electron chi connectivity index (χ2n) is 11.0. The van der Waals surface area contributed by atoms with Gasteiger partial charge in [-0.05, 0) is 39.9 Å². The first-order chi connectivity index (χ1) is 20.9. The molecule has 0 N–H and O–H groups in total. The first-order valence-corrected chi connectivity index (χ1v) is 14.4. The minimum absolute atomic E-state index is 0.109. The largest absolute Gasteiger partial charge is 0.278 e. The second kappa shape index (κ2) is 8.98. The van der Waals surface area contributed by atoms with E-state index in [1.807, 2.05) is 6.07 Å². The molecule has 1 aliphatic rings. The molecule has 2 aromatic heterocycles. The van der Waals surface area contributed by atoms with Crippen LogP contribution in [-0.4, -0.2) is 14.5 Å². The summed E-state index contributed by atoms with van der Waals surface area (Å²) in [5.41, 5.74) is 11.8. The first-order valence-electron chi connectivity index (χ1n) is 14.4. The molecule has 1 atom stereocenters. The van der Waals surface area contributed by atoms with Gasteiger partial charge in [-0.2, -0.15) is 0 Å². The van der Waals surface area contributed by atoms with Gasteiger partial charge < -0.3 is 0 Å². The van der Waals surface area contributed by atoms with Gasteiger partial charge >= 0.3 is 0 Å².